The van der Waals surface area contributed by atoms with Gasteiger partial charge >= 0.3 is 5.97 Å². The fraction of sp³-hybridized carbons (Fsp3) is 0.154. The van der Waals surface area contributed by atoms with Crippen molar-refractivity contribution in [3.05, 3.63) is 53.9 Å². The van der Waals surface area contributed by atoms with Gasteiger partial charge in [-0.1, -0.05) is 18.2 Å². The van der Waals surface area contributed by atoms with Crippen molar-refractivity contribution in [2.75, 3.05) is 7.11 Å². The second-order valence-corrected chi connectivity index (χ2v) is 3.14. The van der Waals surface area contributed by atoms with Crippen molar-refractivity contribution in [3.63, 3.8) is 0 Å². The first-order chi connectivity index (χ1) is 8.20. The van der Waals surface area contributed by atoms with Crippen LogP contribution in [-0.2, 0) is 4.74 Å². The molecule has 1 rings (SSSR count). The van der Waals surface area contributed by atoms with Gasteiger partial charge in [0.1, 0.15) is 5.69 Å². The third kappa shape index (κ3) is 3.38. The molecule has 4 nitrogen and oxygen atoms in total. The van der Waals surface area contributed by atoms with Crippen LogP contribution in [0.5, 0.6) is 0 Å². The van der Waals surface area contributed by atoms with Crippen molar-refractivity contribution >= 4 is 11.8 Å². The molecular weight excluding hydrogens is 218 g/mol. The number of nitrogens with zero attached hydrogens (tertiary/aromatic N) is 1. The van der Waals surface area contributed by atoms with Crippen molar-refractivity contribution in [1.29, 1.82) is 0 Å². The zero-order valence-corrected chi connectivity index (χ0v) is 9.71. The van der Waals surface area contributed by atoms with Gasteiger partial charge in [0.15, 0.2) is 0 Å². The van der Waals surface area contributed by atoms with E-state index in [9.17, 15) is 9.59 Å². The van der Waals surface area contributed by atoms with Crippen LogP contribution in [0.2, 0.25) is 0 Å². The number of aromatic nitrogens is 1. The van der Waals surface area contributed by atoms with Crippen molar-refractivity contribution < 1.29 is 14.3 Å². The molecule has 0 bridgehead atoms. The van der Waals surface area contributed by atoms with Gasteiger partial charge in [-0.05, 0) is 25.1 Å². The fourth-order valence-electron chi connectivity index (χ4n) is 1.21. The molecule has 0 aliphatic carbocycles. The summed E-state index contributed by atoms with van der Waals surface area (Å²) in [5.74, 6) is -0.898. The normalized spacial score (nSPS) is 10.9. The van der Waals surface area contributed by atoms with Gasteiger partial charge in [-0.25, -0.2) is 4.79 Å². The van der Waals surface area contributed by atoms with Crippen LogP contribution in [0.1, 0.15) is 27.8 Å². The lowest BCUT2D eigenvalue weighted by atomic mass is 10.1. The molecule has 0 aliphatic heterocycles. The van der Waals surface area contributed by atoms with Crippen LogP contribution in [0.25, 0.3) is 0 Å². The van der Waals surface area contributed by atoms with Crippen molar-refractivity contribution in [1.82, 2.24) is 4.98 Å². The molecule has 4 heteroatoms. The Labute approximate surface area is 99.6 Å². The third-order valence-electron chi connectivity index (χ3n) is 2.00. The van der Waals surface area contributed by atoms with Gasteiger partial charge < -0.3 is 4.74 Å². The summed E-state index contributed by atoms with van der Waals surface area (Å²) in [7, 11) is 1.26. The minimum absolute atomic E-state index is 0.0973. The standard InChI is InChI=1S/C13H13NO3/c1-3-4-5-8-11(15)12-10(13(16)17-2)7-6-9-14-12/h3-9H,1-2H3/b4-3-,8-5+. The SMILES string of the molecule is C/C=C\C=C\C(=O)c1ncccc1C(=O)OC. The number of carbonyl (C=O) groups excluding carboxylic acids is 2. The summed E-state index contributed by atoms with van der Waals surface area (Å²) in [6.45, 7) is 1.84. The molecular formula is C13H13NO3. The smallest absolute Gasteiger partial charge is 0.340 e. The number of hydrogen-bond acceptors (Lipinski definition) is 4. The number of pyridine rings is 1. The molecule has 0 spiro atoms. The highest BCUT2D eigenvalue weighted by Gasteiger charge is 2.16. The molecule has 1 heterocycles. The molecule has 88 valence electrons. The van der Waals surface area contributed by atoms with Gasteiger partial charge in [-0.3, -0.25) is 9.78 Å². The lowest BCUT2D eigenvalue weighted by Gasteiger charge is -2.02. The number of methoxy groups -OCH3 is 1. The predicted molar refractivity (Wildman–Crippen MR) is 63.9 cm³/mol. The molecule has 0 unspecified atom stereocenters. The lowest BCUT2D eigenvalue weighted by Crippen LogP contribution is -2.10. The molecule has 0 fully saturated rings. The Morgan fingerprint density at radius 2 is 2.12 bits per heavy atom. The maximum atomic E-state index is 11.8. The molecule has 0 N–H and O–H groups in total. The quantitative estimate of drug-likeness (QED) is 0.345. The average molecular weight is 231 g/mol. The first-order valence-corrected chi connectivity index (χ1v) is 5.07. The number of hydrogen-bond donors (Lipinski definition) is 0. The maximum Gasteiger partial charge on any atom is 0.340 e. The molecule has 0 aliphatic rings. The highest BCUT2D eigenvalue weighted by molar-refractivity contribution is 6.10. The second kappa shape index (κ2) is 6.37. The number of allylic oxidation sites excluding steroid dienone is 4. The summed E-state index contributed by atoms with van der Waals surface area (Å²) >= 11 is 0. The van der Waals surface area contributed by atoms with E-state index in [1.807, 2.05) is 6.92 Å². The van der Waals surface area contributed by atoms with Gasteiger partial charge in [0.25, 0.3) is 0 Å². The molecule has 0 saturated heterocycles. The summed E-state index contributed by atoms with van der Waals surface area (Å²) in [6.07, 6.45) is 7.93. The van der Waals surface area contributed by atoms with E-state index >= 15 is 0 Å². The van der Waals surface area contributed by atoms with Gasteiger partial charge in [0, 0.05) is 6.20 Å². The highest BCUT2D eigenvalue weighted by atomic mass is 16.5. The summed E-state index contributed by atoms with van der Waals surface area (Å²) in [4.78, 5) is 27.1. The van der Waals surface area contributed by atoms with Gasteiger partial charge in [-0.15, -0.1) is 0 Å². The Kier molecular flexibility index (Phi) is 4.81. The topological polar surface area (TPSA) is 56.3 Å². The van der Waals surface area contributed by atoms with Crippen LogP contribution in [-0.4, -0.2) is 23.8 Å². The highest BCUT2D eigenvalue weighted by Crippen LogP contribution is 2.08. The third-order valence-corrected chi connectivity index (χ3v) is 2.00. The number of carbonyl (C=O) groups is 2. The molecule has 1 aromatic heterocycles. The van der Waals surface area contributed by atoms with Crippen LogP contribution in [0.4, 0.5) is 0 Å². The Morgan fingerprint density at radius 1 is 1.35 bits per heavy atom. The minimum Gasteiger partial charge on any atom is -0.465 e. The van der Waals surface area contributed by atoms with Crippen LogP contribution in [0.3, 0.4) is 0 Å². The molecule has 0 aromatic carbocycles. The molecule has 0 atom stereocenters. The summed E-state index contributed by atoms with van der Waals surface area (Å²) in [5, 5.41) is 0. The van der Waals surface area contributed by atoms with E-state index < -0.39 is 5.97 Å². The Balaban J connectivity index is 3.05. The number of rotatable bonds is 4. The van der Waals surface area contributed by atoms with Gasteiger partial charge in [0.05, 0.1) is 12.7 Å². The van der Waals surface area contributed by atoms with Gasteiger partial charge in [-0.2, -0.15) is 0 Å². The predicted octanol–water partition coefficient (Wildman–Crippen LogP) is 2.18. The minimum atomic E-state index is -0.569. The largest absolute Gasteiger partial charge is 0.465 e. The maximum absolute atomic E-state index is 11.8. The molecule has 0 saturated carbocycles. The van der Waals surface area contributed by atoms with Crippen molar-refractivity contribution in [2.24, 2.45) is 0 Å². The van der Waals surface area contributed by atoms with E-state index in [1.54, 1.807) is 24.3 Å². The number of esters is 1. The monoisotopic (exact) mass is 231 g/mol. The summed E-state index contributed by atoms with van der Waals surface area (Å²) < 4.78 is 4.58. The van der Waals surface area contributed by atoms with E-state index in [0.717, 1.165) is 0 Å². The Morgan fingerprint density at radius 3 is 2.76 bits per heavy atom. The first kappa shape index (κ1) is 12.8. The number of ketones is 1. The number of ether oxygens (including phenoxy) is 1. The van der Waals surface area contributed by atoms with Crippen molar-refractivity contribution in [2.45, 2.75) is 6.92 Å². The molecule has 1 aromatic rings. The zero-order valence-electron chi connectivity index (χ0n) is 9.71. The Hall–Kier alpha value is -2.23. The second-order valence-electron chi connectivity index (χ2n) is 3.14. The van der Waals surface area contributed by atoms with E-state index in [0.29, 0.717) is 0 Å². The van der Waals surface area contributed by atoms with Crippen LogP contribution >= 0.6 is 0 Å². The van der Waals surface area contributed by atoms with Crippen molar-refractivity contribution in [3.8, 4) is 0 Å². The van der Waals surface area contributed by atoms with E-state index in [4.69, 9.17) is 0 Å². The van der Waals surface area contributed by atoms with Crippen LogP contribution < -0.4 is 0 Å². The van der Waals surface area contributed by atoms with E-state index in [1.165, 1.54) is 25.4 Å². The fourth-order valence-corrected chi connectivity index (χ4v) is 1.21. The zero-order chi connectivity index (χ0) is 12.7. The van der Waals surface area contributed by atoms with Crippen LogP contribution in [0, 0.1) is 0 Å². The average Bonchev–Trinajstić information content (AvgIpc) is 2.38. The van der Waals surface area contributed by atoms with E-state index in [2.05, 4.69) is 9.72 Å². The first-order valence-electron chi connectivity index (χ1n) is 5.07. The van der Waals surface area contributed by atoms with Gasteiger partial charge in [0.2, 0.25) is 5.78 Å². The van der Waals surface area contributed by atoms with E-state index in [-0.39, 0.29) is 17.0 Å². The lowest BCUT2D eigenvalue weighted by molar-refractivity contribution is 0.0597. The molecule has 0 amide bonds. The Bertz CT molecular complexity index is 475. The molecule has 17 heavy (non-hydrogen) atoms. The van der Waals surface area contributed by atoms with Crippen LogP contribution in [0.15, 0.2) is 42.6 Å². The molecule has 0 radical (unpaired) electrons. The summed E-state index contributed by atoms with van der Waals surface area (Å²) in [5.41, 5.74) is 0.269. The summed E-state index contributed by atoms with van der Waals surface area (Å²) in [6, 6.07) is 3.09.